The summed E-state index contributed by atoms with van der Waals surface area (Å²) in [6, 6.07) is 17.1. The molecule has 1 N–H and O–H groups in total. The van der Waals surface area contributed by atoms with Crippen molar-refractivity contribution in [1.29, 1.82) is 5.26 Å². The number of nitrogens with one attached hydrogen (secondary N) is 1. The molecule has 6 heteroatoms. The van der Waals surface area contributed by atoms with Crippen LogP contribution < -0.4 is 5.32 Å². The Morgan fingerprint density at radius 1 is 1.12 bits per heavy atom. The van der Waals surface area contributed by atoms with Crippen LogP contribution in [-0.2, 0) is 17.6 Å². The summed E-state index contributed by atoms with van der Waals surface area (Å²) in [4.78, 5) is 12.1. The Morgan fingerprint density at radius 3 is 2.54 bits per heavy atom. The maximum atomic E-state index is 12.1. The first-order chi connectivity index (χ1) is 12.6. The zero-order valence-corrected chi connectivity index (χ0v) is 14.4. The first-order valence-corrected chi connectivity index (χ1v) is 8.29. The van der Waals surface area contributed by atoms with Crippen molar-refractivity contribution < 1.29 is 9.21 Å². The molecule has 0 saturated carbocycles. The fraction of sp³-hybridized carbons (Fsp3) is 0.200. The lowest BCUT2D eigenvalue weighted by Crippen LogP contribution is -2.12. The molecule has 0 aliphatic rings. The summed E-state index contributed by atoms with van der Waals surface area (Å²) >= 11 is 0. The van der Waals surface area contributed by atoms with Crippen LogP contribution in [0.15, 0.2) is 52.9 Å². The van der Waals surface area contributed by atoms with Gasteiger partial charge in [0.25, 0.3) is 0 Å². The van der Waals surface area contributed by atoms with Gasteiger partial charge in [-0.15, -0.1) is 10.2 Å². The van der Waals surface area contributed by atoms with E-state index in [-0.39, 0.29) is 12.3 Å². The van der Waals surface area contributed by atoms with Crippen molar-refractivity contribution in [1.82, 2.24) is 10.2 Å². The van der Waals surface area contributed by atoms with Gasteiger partial charge in [0.2, 0.25) is 17.7 Å². The molecule has 1 amide bonds. The number of carbonyl (C=O) groups is 1. The topological polar surface area (TPSA) is 91.8 Å². The normalized spacial score (nSPS) is 10.3. The van der Waals surface area contributed by atoms with Crippen LogP contribution in [0.5, 0.6) is 0 Å². The first-order valence-electron chi connectivity index (χ1n) is 8.29. The van der Waals surface area contributed by atoms with Crippen molar-refractivity contribution in [3.05, 3.63) is 65.5 Å². The molecule has 6 nitrogen and oxygen atoms in total. The van der Waals surface area contributed by atoms with Crippen LogP contribution in [-0.4, -0.2) is 16.1 Å². The van der Waals surface area contributed by atoms with Gasteiger partial charge < -0.3 is 9.73 Å². The highest BCUT2D eigenvalue weighted by Crippen LogP contribution is 2.19. The van der Waals surface area contributed by atoms with Crippen molar-refractivity contribution in [2.24, 2.45) is 0 Å². The molecule has 2 aromatic carbocycles. The molecule has 0 spiro atoms. The third-order valence-electron chi connectivity index (χ3n) is 3.85. The fourth-order valence-electron chi connectivity index (χ4n) is 2.41. The monoisotopic (exact) mass is 346 g/mol. The van der Waals surface area contributed by atoms with E-state index in [0.29, 0.717) is 30.3 Å². The molecular weight excluding hydrogens is 328 g/mol. The maximum absolute atomic E-state index is 12.1. The number of aromatic nitrogens is 2. The van der Waals surface area contributed by atoms with E-state index in [4.69, 9.17) is 9.68 Å². The van der Waals surface area contributed by atoms with E-state index in [0.717, 1.165) is 16.7 Å². The molecule has 26 heavy (non-hydrogen) atoms. The van der Waals surface area contributed by atoms with Crippen LogP contribution in [0.1, 0.15) is 23.4 Å². The Bertz CT molecular complexity index is 922. The van der Waals surface area contributed by atoms with Gasteiger partial charge in [-0.1, -0.05) is 29.8 Å². The second kappa shape index (κ2) is 8.08. The third kappa shape index (κ3) is 4.54. The van der Waals surface area contributed by atoms with Crippen molar-refractivity contribution in [3.63, 3.8) is 0 Å². The molecule has 0 aliphatic carbocycles. The molecule has 0 bridgehead atoms. The molecule has 0 atom stereocenters. The van der Waals surface area contributed by atoms with E-state index in [2.05, 4.69) is 21.6 Å². The highest BCUT2D eigenvalue weighted by molar-refractivity contribution is 5.90. The number of hydrogen-bond acceptors (Lipinski definition) is 5. The number of benzene rings is 2. The molecule has 1 aromatic heterocycles. The zero-order valence-electron chi connectivity index (χ0n) is 14.4. The summed E-state index contributed by atoms with van der Waals surface area (Å²) < 4.78 is 5.62. The van der Waals surface area contributed by atoms with Crippen LogP contribution in [0.4, 0.5) is 5.69 Å². The van der Waals surface area contributed by atoms with Crippen LogP contribution in [0, 0.1) is 18.3 Å². The highest BCUT2D eigenvalue weighted by Gasteiger charge is 2.10. The third-order valence-corrected chi connectivity index (χ3v) is 3.85. The second-order valence-corrected chi connectivity index (χ2v) is 5.95. The van der Waals surface area contributed by atoms with Gasteiger partial charge in [-0.25, -0.2) is 0 Å². The number of anilines is 1. The molecule has 0 aliphatic heterocycles. The summed E-state index contributed by atoms with van der Waals surface area (Å²) in [5.74, 6) is 0.752. The minimum Gasteiger partial charge on any atom is -0.421 e. The molecule has 3 aromatic rings. The van der Waals surface area contributed by atoms with E-state index >= 15 is 0 Å². The Hall–Kier alpha value is -3.46. The van der Waals surface area contributed by atoms with Gasteiger partial charge in [0.05, 0.1) is 12.5 Å². The summed E-state index contributed by atoms with van der Waals surface area (Å²) in [5, 5.41) is 19.5. The quantitative estimate of drug-likeness (QED) is 0.735. The van der Waals surface area contributed by atoms with Crippen molar-refractivity contribution in [2.45, 2.75) is 26.2 Å². The summed E-state index contributed by atoms with van der Waals surface area (Å²) in [6.45, 7) is 2.01. The fourth-order valence-corrected chi connectivity index (χ4v) is 2.41. The summed E-state index contributed by atoms with van der Waals surface area (Å²) in [5.41, 5.74) is 3.63. The molecule has 1 heterocycles. The number of rotatable bonds is 6. The van der Waals surface area contributed by atoms with Crippen molar-refractivity contribution in [2.75, 3.05) is 5.32 Å². The molecule has 0 fully saturated rings. The number of nitrogens with zero attached hydrogens (tertiary/aromatic N) is 3. The predicted octanol–water partition coefficient (Wildman–Crippen LogP) is 3.68. The molecule has 0 unspecified atom stereocenters. The average Bonchev–Trinajstić information content (AvgIpc) is 3.11. The lowest BCUT2D eigenvalue weighted by molar-refractivity contribution is -0.116. The van der Waals surface area contributed by atoms with E-state index < -0.39 is 0 Å². The van der Waals surface area contributed by atoms with Gasteiger partial charge in [0.1, 0.15) is 0 Å². The average molecular weight is 346 g/mol. The minimum absolute atomic E-state index is 0.131. The lowest BCUT2D eigenvalue weighted by Gasteiger charge is -2.04. The largest absolute Gasteiger partial charge is 0.421 e. The van der Waals surface area contributed by atoms with Gasteiger partial charge in [-0.3, -0.25) is 4.79 Å². The van der Waals surface area contributed by atoms with Crippen LogP contribution in [0.3, 0.4) is 0 Å². The van der Waals surface area contributed by atoms with Crippen molar-refractivity contribution in [3.8, 4) is 17.5 Å². The Labute approximate surface area is 151 Å². The highest BCUT2D eigenvalue weighted by atomic mass is 16.4. The number of hydrogen-bond donors (Lipinski definition) is 1. The van der Waals surface area contributed by atoms with Gasteiger partial charge in [-0.2, -0.15) is 5.26 Å². The van der Waals surface area contributed by atoms with Crippen molar-refractivity contribution >= 4 is 11.6 Å². The van der Waals surface area contributed by atoms with E-state index in [1.165, 1.54) is 0 Å². The van der Waals surface area contributed by atoms with Crippen LogP contribution in [0.25, 0.3) is 11.5 Å². The van der Waals surface area contributed by atoms with Gasteiger partial charge in [0, 0.05) is 24.1 Å². The van der Waals surface area contributed by atoms with Crippen LogP contribution >= 0.6 is 0 Å². The smallest absolute Gasteiger partial charge is 0.247 e. The molecule has 0 saturated heterocycles. The van der Waals surface area contributed by atoms with E-state index in [1.54, 1.807) is 12.1 Å². The SMILES string of the molecule is Cc1ccc(-c2nnc(CCC(=O)Nc3ccc(CC#N)cc3)o2)cc1. The van der Waals surface area contributed by atoms with E-state index in [9.17, 15) is 4.79 Å². The van der Waals surface area contributed by atoms with Crippen LogP contribution in [0.2, 0.25) is 0 Å². The molecule has 130 valence electrons. The van der Waals surface area contributed by atoms with E-state index in [1.807, 2.05) is 43.3 Å². The number of carbonyl (C=O) groups excluding carboxylic acids is 1. The Balaban J connectivity index is 1.53. The lowest BCUT2D eigenvalue weighted by atomic mass is 10.1. The molecule has 0 radical (unpaired) electrons. The van der Waals surface area contributed by atoms with Gasteiger partial charge in [-0.05, 0) is 36.8 Å². The second-order valence-electron chi connectivity index (χ2n) is 5.95. The number of amides is 1. The molecule has 3 rings (SSSR count). The predicted molar refractivity (Wildman–Crippen MR) is 97.2 cm³/mol. The zero-order chi connectivity index (χ0) is 18.4. The number of nitriles is 1. The molecular formula is C20H18N4O2. The first kappa shape index (κ1) is 17.4. The summed E-state index contributed by atoms with van der Waals surface area (Å²) in [7, 11) is 0. The summed E-state index contributed by atoms with van der Waals surface area (Å²) in [6.07, 6.45) is 0.974. The Kier molecular flexibility index (Phi) is 5.40. The standard InChI is InChI=1S/C20H18N4O2/c1-14-2-6-16(7-3-14)20-24-23-19(26-20)11-10-18(25)22-17-8-4-15(5-9-17)12-13-21/h2-9H,10-12H2,1H3,(H,22,25). The maximum Gasteiger partial charge on any atom is 0.247 e. The van der Waals surface area contributed by atoms with Gasteiger partial charge in [0.15, 0.2) is 0 Å². The minimum atomic E-state index is -0.131. The van der Waals surface area contributed by atoms with Gasteiger partial charge >= 0.3 is 0 Å². The Morgan fingerprint density at radius 2 is 1.85 bits per heavy atom. The number of aryl methyl sites for hydroxylation is 2.